The van der Waals surface area contributed by atoms with Crippen molar-refractivity contribution in [3.05, 3.63) is 34.9 Å². The molecule has 1 heteroatoms. The standard InChI is InChI=1S/C12H14O/c1-9-7-8-10-5-3-2-4-6-11(10)12(9)13/h3,5,7-8,13H,2,4,6H2,1H3. The fraction of sp³-hybridized carbons (Fsp3) is 0.333. The second kappa shape index (κ2) is 3.25. The number of fused-ring (bicyclic) bond motifs is 1. The van der Waals surface area contributed by atoms with Crippen molar-refractivity contribution >= 4 is 6.08 Å². The summed E-state index contributed by atoms with van der Waals surface area (Å²) in [6.45, 7) is 1.95. The Hall–Kier alpha value is -1.24. The summed E-state index contributed by atoms with van der Waals surface area (Å²) >= 11 is 0. The molecule has 1 nitrogen and oxygen atoms in total. The van der Waals surface area contributed by atoms with Gasteiger partial charge in [-0.05, 0) is 37.3 Å². The van der Waals surface area contributed by atoms with E-state index in [4.69, 9.17) is 0 Å². The average molecular weight is 174 g/mol. The highest BCUT2D eigenvalue weighted by molar-refractivity contribution is 5.60. The van der Waals surface area contributed by atoms with E-state index >= 15 is 0 Å². The van der Waals surface area contributed by atoms with Crippen LogP contribution < -0.4 is 0 Å². The summed E-state index contributed by atoms with van der Waals surface area (Å²) in [6, 6.07) is 4.07. The zero-order valence-corrected chi connectivity index (χ0v) is 7.88. The van der Waals surface area contributed by atoms with Crippen LogP contribution in [0.3, 0.4) is 0 Å². The Balaban J connectivity index is 2.57. The van der Waals surface area contributed by atoms with Gasteiger partial charge < -0.3 is 5.11 Å². The van der Waals surface area contributed by atoms with Crippen molar-refractivity contribution in [1.29, 1.82) is 0 Å². The Kier molecular flexibility index (Phi) is 2.09. The van der Waals surface area contributed by atoms with Crippen LogP contribution in [-0.2, 0) is 6.42 Å². The van der Waals surface area contributed by atoms with Gasteiger partial charge in [0.25, 0.3) is 0 Å². The molecule has 0 fully saturated rings. The lowest BCUT2D eigenvalue weighted by Crippen LogP contribution is -1.90. The zero-order valence-electron chi connectivity index (χ0n) is 7.88. The summed E-state index contributed by atoms with van der Waals surface area (Å²) in [5.74, 6) is 0.490. The van der Waals surface area contributed by atoms with Gasteiger partial charge in [-0.1, -0.05) is 24.3 Å². The quantitative estimate of drug-likeness (QED) is 0.641. The molecule has 1 N–H and O–H groups in total. The molecule has 1 aliphatic carbocycles. The lowest BCUT2D eigenvalue weighted by molar-refractivity contribution is 0.463. The molecule has 0 saturated heterocycles. The summed E-state index contributed by atoms with van der Waals surface area (Å²) in [5.41, 5.74) is 3.28. The second-order valence-corrected chi connectivity index (χ2v) is 3.59. The maximum atomic E-state index is 9.83. The van der Waals surface area contributed by atoms with Crippen LogP contribution in [-0.4, -0.2) is 5.11 Å². The van der Waals surface area contributed by atoms with Crippen LogP contribution >= 0.6 is 0 Å². The van der Waals surface area contributed by atoms with E-state index < -0.39 is 0 Å². The smallest absolute Gasteiger partial charge is 0.122 e. The molecule has 13 heavy (non-hydrogen) atoms. The average Bonchev–Trinajstić information content (AvgIpc) is 2.36. The first-order chi connectivity index (χ1) is 6.29. The summed E-state index contributed by atoms with van der Waals surface area (Å²) in [5, 5.41) is 9.83. The number of allylic oxidation sites excluding steroid dienone is 1. The molecule has 0 saturated carbocycles. The summed E-state index contributed by atoms with van der Waals surface area (Å²) in [4.78, 5) is 0. The Labute approximate surface area is 78.7 Å². The van der Waals surface area contributed by atoms with E-state index in [1.165, 1.54) is 5.56 Å². The van der Waals surface area contributed by atoms with Crippen molar-refractivity contribution in [2.75, 3.05) is 0 Å². The summed E-state index contributed by atoms with van der Waals surface area (Å²) in [7, 11) is 0. The van der Waals surface area contributed by atoms with Gasteiger partial charge >= 0.3 is 0 Å². The number of aromatic hydroxyl groups is 1. The van der Waals surface area contributed by atoms with Gasteiger partial charge in [0.05, 0.1) is 0 Å². The van der Waals surface area contributed by atoms with Gasteiger partial charge in [-0.2, -0.15) is 0 Å². The third-order valence-electron chi connectivity index (χ3n) is 2.62. The molecule has 0 aliphatic heterocycles. The van der Waals surface area contributed by atoms with Gasteiger partial charge in [0, 0.05) is 5.56 Å². The minimum Gasteiger partial charge on any atom is -0.507 e. The van der Waals surface area contributed by atoms with Crippen molar-refractivity contribution < 1.29 is 5.11 Å². The van der Waals surface area contributed by atoms with E-state index in [0.717, 1.165) is 30.4 Å². The Morgan fingerprint density at radius 3 is 3.00 bits per heavy atom. The molecule has 0 amide bonds. The van der Waals surface area contributed by atoms with Crippen molar-refractivity contribution in [1.82, 2.24) is 0 Å². The molecule has 0 heterocycles. The molecule has 0 radical (unpaired) electrons. The number of phenols is 1. The lowest BCUT2D eigenvalue weighted by atomic mass is 10.0. The van der Waals surface area contributed by atoms with Gasteiger partial charge in [0.15, 0.2) is 0 Å². The van der Waals surface area contributed by atoms with Gasteiger partial charge in [0.2, 0.25) is 0 Å². The Morgan fingerprint density at radius 2 is 2.15 bits per heavy atom. The number of hydrogen-bond donors (Lipinski definition) is 1. The highest BCUT2D eigenvalue weighted by Crippen LogP contribution is 2.29. The predicted octanol–water partition coefficient (Wildman–Crippen LogP) is 3.05. The maximum Gasteiger partial charge on any atom is 0.122 e. The van der Waals surface area contributed by atoms with Crippen LogP contribution in [0.5, 0.6) is 5.75 Å². The van der Waals surface area contributed by atoms with Gasteiger partial charge in [0.1, 0.15) is 5.75 Å². The number of rotatable bonds is 0. The normalized spacial score (nSPS) is 15.2. The molecular formula is C12H14O. The molecule has 0 bridgehead atoms. The Bertz CT molecular complexity index is 350. The van der Waals surface area contributed by atoms with Crippen molar-refractivity contribution in [2.45, 2.75) is 26.2 Å². The van der Waals surface area contributed by atoms with Crippen LogP contribution in [0.1, 0.15) is 29.5 Å². The first-order valence-electron chi connectivity index (χ1n) is 4.77. The van der Waals surface area contributed by atoms with E-state index in [1.807, 2.05) is 13.0 Å². The third kappa shape index (κ3) is 1.46. The van der Waals surface area contributed by atoms with E-state index in [-0.39, 0.29) is 0 Å². The maximum absolute atomic E-state index is 9.83. The van der Waals surface area contributed by atoms with Crippen LogP contribution in [0.15, 0.2) is 18.2 Å². The molecule has 0 unspecified atom stereocenters. The third-order valence-corrected chi connectivity index (χ3v) is 2.62. The molecule has 0 atom stereocenters. The minimum atomic E-state index is 0.490. The monoisotopic (exact) mass is 174 g/mol. The van der Waals surface area contributed by atoms with Crippen LogP contribution in [0.25, 0.3) is 6.08 Å². The SMILES string of the molecule is Cc1ccc2c(c1O)CCCC=C2. The van der Waals surface area contributed by atoms with Crippen LogP contribution in [0.4, 0.5) is 0 Å². The van der Waals surface area contributed by atoms with Crippen molar-refractivity contribution in [3.8, 4) is 5.75 Å². The topological polar surface area (TPSA) is 20.2 Å². The van der Waals surface area contributed by atoms with Crippen LogP contribution in [0.2, 0.25) is 0 Å². The second-order valence-electron chi connectivity index (χ2n) is 3.59. The fourth-order valence-electron chi connectivity index (χ4n) is 1.79. The first-order valence-corrected chi connectivity index (χ1v) is 4.77. The molecule has 1 aliphatic rings. The van der Waals surface area contributed by atoms with Crippen molar-refractivity contribution in [2.24, 2.45) is 0 Å². The molecule has 0 aromatic heterocycles. The molecule has 1 aromatic rings. The molecule has 2 rings (SSSR count). The number of benzene rings is 1. The number of hydrogen-bond acceptors (Lipinski definition) is 1. The number of aryl methyl sites for hydroxylation is 1. The fourth-order valence-corrected chi connectivity index (χ4v) is 1.79. The summed E-state index contributed by atoms with van der Waals surface area (Å²) < 4.78 is 0. The minimum absolute atomic E-state index is 0.490. The molecule has 0 spiro atoms. The largest absolute Gasteiger partial charge is 0.507 e. The van der Waals surface area contributed by atoms with Gasteiger partial charge in [-0.15, -0.1) is 0 Å². The number of phenolic OH excluding ortho intramolecular Hbond substituents is 1. The predicted molar refractivity (Wildman–Crippen MR) is 54.8 cm³/mol. The molecule has 68 valence electrons. The van der Waals surface area contributed by atoms with Crippen LogP contribution in [0, 0.1) is 6.92 Å². The van der Waals surface area contributed by atoms with Crippen molar-refractivity contribution in [3.63, 3.8) is 0 Å². The highest BCUT2D eigenvalue weighted by Gasteiger charge is 2.09. The highest BCUT2D eigenvalue weighted by atomic mass is 16.3. The van der Waals surface area contributed by atoms with E-state index in [2.05, 4.69) is 18.2 Å². The first kappa shape index (κ1) is 8.36. The lowest BCUT2D eigenvalue weighted by Gasteiger charge is -2.08. The molecule has 1 aromatic carbocycles. The zero-order chi connectivity index (χ0) is 9.26. The molecular weight excluding hydrogens is 160 g/mol. The van der Waals surface area contributed by atoms with E-state index in [1.54, 1.807) is 0 Å². The van der Waals surface area contributed by atoms with E-state index in [9.17, 15) is 5.11 Å². The summed E-state index contributed by atoms with van der Waals surface area (Å²) in [6.07, 6.45) is 7.55. The van der Waals surface area contributed by atoms with Gasteiger partial charge in [-0.3, -0.25) is 0 Å². The van der Waals surface area contributed by atoms with E-state index in [0.29, 0.717) is 5.75 Å². The van der Waals surface area contributed by atoms with Gasteiger partial charge in [-0.25, -0.2) is 0 Å². The Morgan fingerprint density at radius 1 is 1.31 bits per heavy atom.